The predicted octanol–water partition coefficient (Wildman–Crippen LogP) is 2.64. The van der Waals surface area contributed by atoms with Gasteiger partial charge in [0, 0.05) is 6.08 Å². The van der Waals surface area contributed by atoms with Crippen LogP contribution in [0, 0.1) is 0 Å². The third kappa shape index (κ3) is 3.81. The molecule has 0 aliphatic carbocycles. The molecule has 0 aliphatic rings. The highest BCUT2D eigenvalue weighted by Crippen LogP contribution is 2.06. The average Bonchev–Trinajstić information content (AvgIpc) is 2.28. The maximum atomic E-state index is 10.8. The Hall–Kier alpha value is -1.83. The van der Waals surface area contributed by atoms with E-state index < -0.39 is 5.97 Å². The second-order valence-corrected chi connectivity index (χ2v) is 3.12. The summed E-state index contributed by atoms with van der Waals surface area (Å²) < 4.78 is 4.90. The van der Waals surface area contributed by atoms with Crippen LogP contribution in [-0.2, 0) is 22.6 Å². The first-order chi connectivity index (χ1) is 7.26. The van der Waals surface area contributed by atoms with E-state index in [0.717, 1.165) is 18.1 Å². The van der Waals surface area contributed by atoms with Gasteiger partial charge in [-0.3, -0.25) is 0 Å². The summed E-state index contributed by atoms with van der Waals surface area (Å²) in [6, 6.07) is 7.88. The lowest BCUT2D eigenvalue weighted by Crippen LogP contribution is -2.00. The van der Waals surface area contributed by atoms with Crippen molar-refractivity contribution in [2.24, 2.45) is 0 Å². The van der Waals surface area contributed by atoms with Crippen molar-refractivity contribution in [3.63, 3.8) is 0 Å². The molecule has 15 heavy (non-hydrogen) atoms. The topological polar surface area (TPSA) is 26.3 Å². The van der Waals surface area contributed by atoms with Gasteiger partial charge in [-0.15, -0.1) is 6.58 Å². The van der Waals surface area contributed by atoms with E-state index in [2.05, 4.69) is 13.2 Å². The van der Waals surface area contributed by atoms with Crippen LogP contribution in [0.25, 0.3) is 0 Å². The molecule has 0 atom stereocenters. The van der Waals surface area contributed by atoms with Gasteiger partial charge in [-0.1, -0.05) is 36.9 Å². The Bertz CT molecular complexity index is 349. The summed E-state index contributed by atoms with van der Waals surface area (Å²) in [6.45, 7) is 7.29. The maximum Gasteiger partial charge on any atom is 0.330 e. The van der Waals surface area contributed by atoms with Crippen molar-refractivity contribution in [2.75, 3.05) is 0 Å². The molecule has 0 saturated carbocycles. The van der Waals surface area contributed by atoms with Gasteiger partial charge in [0.25, 0.3) is 0 Å². The van der Waals surface area contributed by atoms with Gasteiger partial charge in [0.2, 0.25) is 0 Å². The highest BCUT2D eigenvalue weighted by Gasteiger charge is 1.97. The molecular weight excluding hydrogens is 188 g/mol. The molecule has 0 spiro atoms. The van der Waals surface area contributed by atoms with Crippen molar-refractivity contribution >= 4 is 5.97 Å². The molecule has 1 aromatic rings. The van der Waals surface area contributed by atoms with E-state index in [1.54, 1.807) is 0 Å². The molecule has 1 rings (SSSR count). The van der Waals surface area contributed by atoms with Crippen LogP contribution >= 0.6 is 0 Å². The Morgan fingerprint density at radius 3 is 2.33 bits per heavy atom. The predicted molar refractivity (Wildman–Crippen MR) is 60.3 cm³/mol. The average molecular weight is 202 g/mol. The van der Waals surface area contributed by atoms with E-state index in [1.165, 1.54) is 5.56 Å². The molecule has 0 heterocycles. The molecule has 0 saturated heterocycles. The largest absolute Gasteiger partial charge is 0.458 e. The number of esters is 1. The van der Waals surface area contributed by atoms with Gasteiger partial charge in [0.1, 0.15) is 6.61 Å². The van der Waals surface area contributed by atoms with Crippen molar-refractivity contribution in [3.05, 3.63) is 60.7 Å². The number of carbonyl (C=O) groups is 1. The van der Waals surface area contributed by atoms with Gasteiger partial charge in [-0.25, -0.2) is 4.79 Å². The monoisotopic (exact) mass is 202 g/mol. The van der Waals surface area contributed by atoms with E-state index in [0.29, 0.717) is 6.61 Å². The molecule has 0 aromatic heterocycles. The van der Waals surface area contributed by atoms with E-state index >= 15 is 0 Å². The van der Waals surface area contributed by atoms with Crippen LogP contribution in [0.4, 0.5) is 0 Å². The summed E-state index contributed by atoms with van der Waals surface area (Å²) in [4.78, 5) is 10.8. The molecule has 2 heteroatoms. The van der Waals surface area contributed by atoms with Gasteiger partial charge in [-0.05, 0) is 17.5 Å². The fraction of sp³-hybridized carbons (Fsp3) is 0.154. The van der Waals surface area contributed by atoms with E-state index in [1.807, 2.05) is 30.3 Å². The van der Waals surface area contributed by atoms with E-state index in [9.17, 15) is 4.79 Å². The molecule has 0 radical (unpaired) electrons. The van der Waals surface area contributed by atoms with Crippen LogP contribution in [0.5, 0.6) is 0 Å². The first-order valence-corrected chi connectivity index (χ1v) is 4.74. The lowest BCUT2D eigenvalue weighted by molar-refractivity contribution is -0.138. The number of hydrogen-bond acceptors (Lipinski definition) is 2. The highest BCUT2D eigenvalue weighted by molar-refractivity contribution is 5.81. The highest BCUT2D eigenvalue weighted by atomic mass is 16.5. The molecule has 0 N–H and O–H groups in total. The maximum absolute atomic E-state index is 10.8. The Morgan fingerprint density at radius 1 is 1.20 bits per heavy atom. The number of allylic oxidation sites excluding steroid dienone is 1. The molecule has 0 aliphatic heterocycles. The molecule has 78 valence electrons. The smallest absolute Gasteiger partial charge is 0.330 e. The minimum atomic E-state index is -0.398. The Labute approximate surface area is 89.9 Å². The summed E-state index contributed by atoms with van der Waals surface area (Å²) in [5, 5.41) is 0. The van der Waals surface area contributed by atoms with Crippen molar-refractivity contribution in [1.29, 1.82) is 0 Å². The van der Waals surface area contributed by atoms with Gasteiger partial charge < -0.3 is 4.74 Å². The van der Waals surface area contributed by atoms with Crippen LogP contribution in [0.15, 0.2) is 49.6 Å². The summed E-state index contributed by atoms with van der Waals surface area (Å²) >= 11 is 0. The number of rotatable bonds is 5. The van der Waals surface area contributed by atoms with E-state index in [-0.39, 0.29) is 0 Å². The molecule has 0 amide bonds. The molecule has 2 nitrogen and oxygen atoms in total. The van der Waals surface area contributed by atoms with Crippen molar-refractivity contribution < 1.29 is 9.53 Å². The number of hydrogen-bond donors (Lipinski definition) is 0. The molecule has 0 unspecified atom stereocenters. The Morgan fingerprint density at radius 2 is 1.80 bits per heavy atom. The standard InChI is InChI=1S/C13H14O2/c1-3-5-11-6-8-12(9-7-11)10-15-13(14)4-2/h3-4,6-9H,1-2,5,10H2. The number of carbonyl (C=O) groups excluding carboxylic acids is 1. The minimum absolute atomic E-state index is 0.291. The second kappa shape index (κ2) is 5.81. The van der Waals surface area contributed by atoms with Crippen LogP contribution in [0.2, 0.25) is 0 Å². The summed E-state index contributed by atoms with van der Waals surface area (Å²) in [5.41, 5.74) is 2.17. The SMILES string of the molecule is C=CCc1ccc(COC(=O)C=C)cc1. The fourth-order valence-electron chi connectivity index (χ4n) is 1.15. The summed E-state index contributed by atoms with van der Waals surface area (Å²) in [5.74, 6) is -0.398. The Kier molecular flexibility index (Phi) is 4.35. The number of ether oxygens (including phenoxy) is 1. The van der Waals surface area contributed by atoms with Crippen LogP contribution < -0.4 is 0 Å². The molecule has 0 fully saturated rings. The number of benzene rings is 1. The molecule has 1 aromatic carbocycles. The first kappa shape index (κ1) is 11.2. The van der Waals surface area contributed by atoms with Crippen molar-refractivity contribution in [3.8, 4) is 0 Å². The third-order valence-corrected chi connectivity index (χ3v) is 1.95. The van der Waals surface area contributed by atoms with Crippen LogP contribution in [0.1, 0.15) is 11.1 Å². The quantitative estimate of drug-likeness (QED) is 0.417. The Balaban J connectivity index is 2.52. The van der Waals surface area contributed by atoms with Crippen LogP contribution in [0.3, 0.4) is 0 Å². The normalized spacial score (nSPS) is 9.33. The zero-order valence-electron chi connectivity index (χ0n) is 8.61. The summed E-state index contributed by atoms with van der Waals surface area (Å²) in [6.07, 6.45) is 3.87. The van der Waals surface area contributed by atoms with Gasteiger partial charge in [-0.2, -0.15) is 0 Å². The van der Waals surface area contributed by atoms with E-state index in [4.69, 9.17) is 4.74 Å². The van der Waals surface area contributed by atoms with Gasteiger partial charge >= 0.3 is 5.97 Å². The first-order valence-electron chi connectivity index (χ1n) is 4.74. The van der Waals surface area contributed by atoms with Crippen LogP contribution in [-0.4, -0.2) is 5.97 Å². The van der Waals surface area contributed by atoms with Gasteiger partial charge in [0.05, 0.1) is 0 Å². The molecule has 0 bridgehead atoms. The minimum Gasteiger partial charge on any atom is -0.458 e. The zero-order valence-corrected chi connectivity index (χ0v) is 8.61. The second-order valence-electron chi connectivity index (χ2n) is 3.12. The lowest BCUT2D eigenvalue weighted by atomic mass is 10.1. The fourth-order valence-corrected chi connectivity index (χ4v) is 1.15. The van der Waals surface area contributed by atoms with Gasteiger partial charge in [0.15, 0.2) is 0 Å². The lowest BCUT2D eigenvalue weighted by Gasteiger charge is -2.03. The van der Waals surface area contributed by atoms with Crippen molar-refractivity contribution in [1.82, 2.24) is 0 Å². The third-order valence-electron chi connectivity index (χ3n) is 1.95. The zero-order chi connectivity index (χ0) is 11.1. The van der Waals surface area contributed by atoms with Crippen molar-refractivity contribution in [2.45, 2.75) is 13.0 Å². The molecular formula is C13H14O2. The summed E-state index contributed by atoms with van der Waals surface area (Å²) in [7, 11) is 0.